The molecule has 1 saturated carbocycles. The van der Waals surface area contributed by atoms with E-state index >= 15 is 0 Å². The summed E-state index contributed by atoms with van der Waals surface area (Å²) in [4.78, 5) is 15.0. The largest absolute Gasteiger partial charge is 0.481 e. The first-order valence-electron chi connectivity index (χ1n) is 5.02. The molecule has 1 aliphatic carbocycles. The van der Waals surface area contributed by atoms with Crippen molar-refractivity contribution in [1.29, 1.82) is 0 Å². The molecule has 2 heterocycles. The van der Waals surface area contributed by atoms with Crippen LogP contribution in [0.4, 0.5) is 0 Å². The van der Waals surface area contributed by atoms with Gasteiger partial charge in [-0.3, -0.25) is 4.79 Å². The number of hydrogen-bond acceptors (Lipinski definition) is 2. The molecule has 16 heavy (non-hydrogen) atoms. The molecular formula is C11H9ClN2O2. The number of aliphatic carboxylic acids is 1. The molecule has 82 valence electrons. The van der Waals surface area contributed by atoms with Crippen LogP contribution in [0.25, 0.3) is 5.65 Å². The Balaban J connectivity index is 2.05. The van der Waals surface area contributed by atoms with Crippen LogP contribution in [0.2, 0.25) is 5.02 Å². The smallest absolute Gasteiger partial charge is 0.307 e. The summed E-state index contributed by atoms with van der Waals surface area (Å²) < 4.78 is 1.87. The highest BCUT2D eigenvalue weighted by Gasteiger charge is 2.45. The Hall–Kier alpha value is -1.55. The van der Waals surface area contributed by atoms with Gasteiger partial charge in [0, 0.05) is 24.0 Å². The van der Waals surface area contributed by atoms with Gasteiger partial charge >= 0.3 is 5.97 Å². The molecule has 0 spiro atoms. The van der Waals surface area contributed by atoms with E-state index in [1.165, 1.54) is 0 Å². The highest BCUT2D eigenvalue weighted by molar-refractivity contribution is 6.30. The molecule has 0 bridgehead atoms. The number of rotatable bonds is 2. The number of pyridine rings is 1. The summed E-state index contributed by atoms with van der Waals surface area (Å²) >= 11 is 5.91. The SMILES string of the molecule is O=C(O)C1CC1c1cnc2ccc(Cl)cn12. The number of halogens is 1. The van der Waals surface area contributed by atoms with Gasteiger partial charge in [0.15, 0.2) is 0 Å². The summed E-state index contributed by atoms with van der Waals surface area (Å²) in [5, 5.41) is 9.52. The average molecular weight is 237 g/mol. The standard InChI is InChI=1S/C11H9ClN2O2/c12-6-1-2-10-13-4-9(14(10)5-6)7-3-8(7)11(15)16/h1-2,4-5,7-8H,3H2,(H,15,16). The zero-order chi connectivity index (χ0) is 11.3. The van der Waals surface area contributed by atoms with Crippen molar-refractivity contribution in [1.82, 2.24) is 9.38 Å². The van der Waals surface area contributed by atoms with Gasteiger partial charge in [-0.05, 0) is 18.6 Å². The van der Waals surface area contributed by atoms with Crippen molar-refractivity contribution in [2.45, 2.75) is 12.3 Å². The Morgan fingerprint density at radius 3 is 3.06 bits per heavy atom. The van der Waals surface area contributed by atoms with E-state index in [1.807, 2.05) is 10.5 Å². The minimum absolute atomic E-state index is 0.0750. The second kappa shape index (κ2) is 3.22. The van der Waals surface area contributed by atoms with Crippen molar-refractivity contribution < 1.29 is 9.90 Å². The summed E-state index contributed by atoms with van der Waals surface area (Å²) in [5.41, 5.74) is 1.74. The lowest BCUT2D eigenvalue weighted by Gasteiger charge is -2.00. The van der Waals surface area contributed by atoms with Crippen LogP contribution in [0.3, 0.4) is 0 Å². The van der Waals surface area contributed by atoms with Gasteiger partial charge in [0.1, 0.15) is 5.65 Å². The van der Waals surface area contributed by atoms with E-state index in [0.29, 0.717) is 11.4 Å². The van der Waals surface area contributed by atoms with Crippen molar-refractivity contribution in [3.05, 3.63) is 35.2 Å². The molecule has 1 fully saturated rings. The zero-order valence-electron chi connectivity index (χ0n) is 8.30. The molecule has 1 aliphatic rings. The van der Waals surface area contributed by atoms with Crippen LogP contribution in [-0.4, -0.2) is 20.5 Å². The number of carboxylic acid groups (broad SMARTS) is 1. The number of fused-ring (bicyclic) bond motifs is 1. The first kappa shape index (κ1) is 9.66. The van der Waals surface area contributed by atoms with Gasteiger partial charge in [0.25, 0.3) is 0 Å². The first-order chi connectivity index (χ1) is 7.66. The van der Waals surface area contributed by atoms with Crippen LogP contribution in [0.1, 0.15) is 18.0 Å². The maximum atomic E-state index is 10.8. The lowest BCUT2D eigenvalue weighted by molar-refractivity contribution is -0.138. The molecule has 5 heteroatoms. The number of nitrogens with zero attached hydrogens (tertiary/aromatic N) is 2. The molecule has 3 rings (SSSR count). The average Bonchev–Trinajstić information content (AvgIpc) is 2.93. The second-order valence-corrected chi connectivity index (χ2v) is 4.48. The van der Waals surface area contributed by atoms with E-state index in [9.17, 15) is 4.79 Å². The van der Waals surface area contributed by atoms with E-state index in [-0.39, 0.29) is 11.8 Å². The number of carbonyl (C=O) groups is 1. The van der Waals surface area contributed by atoms with Crippen LogP contribution in [0.5, 0.6) is 0 Å². The summed E-state index contributed by atoms with van der Waals surface area (Å²) in [6.45, 7) is 0. The summed E-state index contributed by atoms with van der Waals surface area (Å²) in [6.07, 6.45) is 4.20. The lowest BCUT2D eigenvalue weighted by Crippen LogP contribution is -2.00. The van der Waals surface area contributed by atoms with Gasteiger partial charge < -0.3 is 9.51 Å². The molecule has 2 unspecified atom stereocenters. The maximum absolute atomic E-state index is 10.8. The highest BCUT2D eigenvalue weighted by Crippen LogP contribution is 2.47. The van der Waals surface area contributed by atoms with Crippen LogP contribution in [0, 0.1) is 5.92 Å². The van der Waals surface area contributed by atoms with E-state index in [0.717, 1.165) is 11.3 Å². The number of aromatic nitrogens is 2. The molecule has 2 atom stereocenters. The highest BCUT2D eigenvalue weighted by atomic mass is 35.5. The number of imidazole rings is 1. The Morgan fingerprint density at radius 1 is 1.56 bits per heavy atom. The molecule has 2 aromatic rings. The fourth-order valence-corrected chi connectivity index (χ4v) is 2.20. The van der Waals surface area contributed by atoms with Crippen molar-refractivity contribution >= 4 is 23.2 Å². The third-order valence-electron chi connectivity index (χ3n) is 2.99. The zero-order valence-corrected chi connectivity index (χ0v) is 9.05. The molecule has 4 nitrogen and oxygen atoms in total. The quantitative estimate of drug-likeness (QED) is 0.870. The molecule has 2 aromatic heterocycles. The Labute approximate surface area is 96.5 Å². The monoisotopic (exact) mass is 236 g/mol. The lowest BCUT2D eigenvalue weighted by atomic mass is 10.2. The fourth-order valence-electron chi connectivity index (χ4n) is 2.04. The molecule has 0 aromatic carbocycles. The number of carboxylic acids is 1. The van der Waals surface area contributed by atoms with Crippen LogP contribution in [0.15, 0.2) is 24.5 Å². The van der Waals surface area contributed by atoms with Crippen molar-refractivity contribution in [3.63, 3.8) is 0 Å². The van der Waals surface area contributed by atoms with Crippen molar-refractivity contribution in [2.75, 3.05) is 0 Å². The van der Waals surface area contributed by atoms with Crippen LogP contribution >= 0.6 is 11.6 Å². The van der Waals surface area contributed by atoms with Crippen molar-refractivity contribution in [2.24, 2.45) is 5.92 Å². The predicted molar refractivity (Wildman–Crippen MR) is 58.7 cm³/mol. The van der Waals surface area contributed by atoms with Crippen LogP contribution in [-0.2, 0) is 4.79 Å². The van der Waals surface area contributed by atoms with E-state index in [4.69, 9.17) is 16.7 Å². The predicted octanol–water partition coefficient (Wildman–Crippen LogP) is 2.18. The summed E-state index contributed by atoms with van der Waals surface area (Å²) in [5.74, 6) is -0.924. The molecule has 0 aliphatic heterocycles. The topological polar surface area (TPSA) is 54.6 Å². The minimum atomic E-state index is -0.734. The molecule has 0 amide bonds. The Bertz CT molecular complexity index is 578. The van der Waals surface area contributed by atoms with E-state index < -0.39 is 5.97 Å². The molecule has 1 N–H and O–H groups in total. The normalized spacial score (nSPS) is 23.6. The number of hydrogen-bond donors (Lipinski definition) is 1. The molecule has 0 radical (unpaired) electrons. The van der Waals surface area contributed by atoms with Gasteiger partial charge in [0.2, 0.25) is 0 Å². The summed E-state index contributed by atoms with van der Waals surface area (Å²) in [7, 11) is 0. The van der Waals surface area contributed by atoms with Gasteiger partial charge in [-0.2, -0.15) is 0 Å². The third kappa shape index (κ3) is 1.38. The van der Waals surface area contributed by atoms with Crippen LogP contribution < -0.4 is 0 Å². The third-order valence-corrected chi connectivity index (χ3v) is 3.21. The van der Waals surface area contributed by atoms with Gasteiger partial charge in [-0.15, -0.1) is 0 Å². The van der Waals surface area contributed by atoms with E-state index in [1.54, 1.807) is 18.5 Å². The Morgan fingerprint density at radius 2 is 2.38 bits per heavy atom. The second-order valence-electron chi connectivity index (χ2n) is 4.05. The first-order valence-corrected chi connectivity index (χ1v) is 5.40. The fraction of sp³-hybridized carbons (Fsp3) is 0.273. The van der Waals surface area contributed by atoms with Crippen molar-refractivity contribution in [3.8, 4) is 0 Å². The van der Waals surface area contributed by atoms with E-state index in [2.05, 4.69) is 4.98 Å². The molecule has 0 saturated heterocycles. The van der Waals surface area contributed by atoms with Gasteiger partial charge in [-0.1, -0.05) is 11.6 Å². The molecular weight excluding hydrogens is 228 g/mol. The minimum Gasteiger partial charge on any atom is -0.481 e. The van der Waals surface area contributed by atoms with Gasteiger partial charge in [-0.25, -0.2) is 4.98 Å². The maximum Gasteiger partial charge on any atom is 0.307 e. The Kier molecular flexibility index (Phi) is 1.94. The van der Waals surface area contributed by atoms with Gasteiger partial charge in [0.05, 0.1) is 10.9 Å². The summed E-state index contributed by atoms with van der Waals surface area (Å²) in [6, 6.07) is 3.60.